The Kier molecular flexibility index (Phi) is 3.41. The van der Waals surface area contributed by atoms with Gasteiger partial charge in [0.05, 0.1) is 18.5 Å². The number of piperidine rings is 1. The fourth-order valence-corrected chi connectivity index (χ4v) is 3.06. The van der Waals surface area contributed by atoms with Gasteiger partial charge in [0.15, 0.2) is 5.78 Å². The molecule has 0 atom stereocenters. The third-order valence-corrected chi connectivity index (χ3v) is 4.18. The van der Waals surface area contributed by atoms with Crippen LogP contribution in [0.3, 0.4) is 0 Å². The van der Waals surface area contributed by atoms with Crippen LogP contribution in [0.15, 0.2) is 18.2 Å². The molecular formula is C15H16FNO4. The van der Waals surface area contributed by atoms with E-state index in [0.717, 1.165) is 0 Å². The maximum Gasteiger partial charge on any atom is 0.317 e. The number of hydrogen-bond acceptors (Lipinski definition) is 4. The highest BCUT2D eigenvalue weighted by atomic mass is 19.1. The first-order valence-corrected chi connectivity index (χ1v) is 6.93. The molecule has 21 heavy (non-hydrogen) atoms. The van der Waals surface area contributed by atoms with Crippen molar-refractivity contribution in [2.24, 2.45) is 0 Å². The van der Waals surface area contributed by atoms with Gasteiger partial charge in [-0.05, 0) is 18.2 Å². The van der Waals surface area contributed by atoms with Gasteiger partial charge in [-0.25, -0.2) is 4.39 Å². The Morgan fingerprint density at radius 3 is 2.76 bits per heavy atom. The van der Waals surface area contributed by atoms with E-state index >= 15 is 0 Å². The number of carboxylic acid groups (broad SMARTS) is 1. The molecule has 3 rings (SSSR count). The molecule has 0 unspecified atom stereocenters. The second kappa shape index (κ2) is 5.11. The molecule has 1 N–H and O–H groups in total. The Morgan fingerprint density at radius 2 is 2.10 bits per heavy atom. The maximum atomic E-state index is 13.2. The number of ketones is 1. The van der Waals surface area contributed by atoms with Gasteiger partial charge in [-0.1, -0.05) is 0 Å². The second-order valence-corrected chi connectivity index (χ2v) is 5.70. The van der Waals surface area contributed by atoms with E-state index in [9.17, 15) is 14.0 Å². The zero-order chi connectivity index (χ0) is 15.0. The van der Waals surface area contributed by atoms with E-state index in [1.807, 2.05) is 4.90 Å². The van der Waals surface area contributed by atoms with Gasteiger partial charge in [-0.3, -0.25) is 14.5 Å². The number of carboxylic acids is 1. The molecule has 1 saturated heterocycles. The number of fused-ring (bicyclic) bond motifs is 1. The van der Waals surface area contributed by atoms with Crippen molar-refractivity contribution in [1.29, 1.82) is 0 Å². The summed E-state index contributed by atoms with van der Waals surface area (Å²) in [6, 6.07) is 3.99. The van der Waals surface area contributed by atoms with Crippen LogP contribution in [0.4, 0.5) is 4.39 Å². The molecule has 6 heteroatoms. The van der Waals surface area contributed by atoms with E-state index < -0.39 is 17.4 Å². The molecule has 1 aromatic carbocycles. The van der Waals surface area contributed by atoms with Crippen LogP contribution in [-0.2, 0) is 4.79 Å². The molecule has 0 amide bonds. The SMILES string of the molecule is O=C(O)CN1CCC2(CC1)CC(=O)c1cc(F)ccc1O2. The molecule has 0 aromatic heterocycles. The number of ether oxygens (including phenoxy) is 1. The number of rotatable bonds is 2. The Balaban J connectivity index is 1.76. The predicted molar refractivity (Wildman–Crippen MR) is 72.0 cm³/mol. The van der Waals surface area contributed by atoms with Crippen LogP contribution in [0, 0.1) is 5.82 Å². The summed E-state index contributed by atoms with van der Waals surface area (Å²) in [7, 11) is 0. The quantitative estimate of drug-likeness (QED) is 0.899. The lowest BCUT2D eigenvalue weighted by molar-refractivity contribution is -0.139. The Labute approximate surface area is 121 Å². The van der Waals surface area contributed by atoms with Crippen molar-refractivity contribution < 1.29 is 23.8 Å². The molecule has 0 aliphatic carbocycles. The van der Waals surface area contributed by atoms with Crippen molar-refractivity contribution >= 4 is 11.8 Å². The molecular weight excluding hydrogens is 277 g/mol. The lowest BCUT2D eigenvalue weighted by Crippen LogP contribution is -2.51. The highest BCUT2D eigenvalue weighted by Gasteiger charge is 2.43. The molecule has 0 bridgehead atoms. The summed E-state index contributed by atoms with van der Waals surface area (Å²) in [6.45, 7) is 1.16. The minimum atomic E-state index is -0.854. The van der Waals surface area contributed by atoms with Crippen molar-refractivity contribution in [3.63, 3.8) is 0 Å². The van der Waals surface area contributed by atoms with Crippen molar-refractivity contribution in [1.82, 2.24) is 4.90 Å². The predicted octanol–water partition coefficient (Wildman–Crippen LogP) is 1.71. The average Bonchev–Trinajstić information content (AvgIpc) is 2.42. The van der Waals surface area contributed by atoms with Crippen LogP contribution in [0.1, 0.15) is 29.6 Å². The minimum Gasteiger partial charge on any atom is -0.486 e. The summed E-state index contributed by atoms with van der Waals surface area (Å²) >= 11 is 0. The zero-order valence-electron chi connectivity index (χ0n) is 11.5. The normalized spacial score (nSPS) is 20.9. The second-order valence-electron chi connectivity index (χ2n) is 5.70. The smallest absolute Gasteiger partial charge is 0.317 e. The number of likely N-dealkylation sites (tertiary alicyclic amines) is 1. The molecule has 1 spiro atoms. The van der Waals surface area contributed by atoms with E-state index in [1.54, 1.807) is 0 Å². The molecule has 1 fully saturated rings. The Hall–Kier alpha value is -1.95. The first kappa shape index (κ1) is 14.0. The number of Topliss-reactive ketones (excluding diaryl/α,β-unsaturated/α-hetero) is 1. The lowest BCUT2D eigenvalue weighted by Gasteiger charge is -2.43. The lowest BCUT2D eigenvalue weighted by atomic mass is 9.82. The van der Waals surface area contributed by atoms with Crippen molar-refractivity contribution in [3.8, 4) is 5.75 Å². The molecule has 1 aromatic rings. The fraction of sp³-hybridized carbons (Fsp3) is 0.467. The van der Waals surface area contributed by atoms with Gasteiger partial charge in [-0.2, -0.15) is 0 Å². The molecule has 2 aliphatic rings. The van der Waals surface area contributed by atoms with Gasteiger partial charge in [0.1, 0.15) is 17.2 Å². The van der Waals surface area contributed by atoms with Crippen molar-refractivity contribution in [2.45, 2.75) is 24.9 Å². The van der Waals surface area contributed by atoms with E-state index in [0.29, 0.717) is 37.2 Å². The molecule has 2 aliphatic heterocycles. The molecule has 0 radical (unpaired) electrons. The van der Waals surface area contributed by atoms with Gasteiger partial charge in [0, 0.05) is 25.9 Å². The number of benzene rings is 1. The summed E-state index contributed by atoms with van der Waals surface area (Å²) in [6.07, 6.45) is 1.43. The fourth-order valence-electron chi connectivity index (χ4n) is 3.06. The summed E-state index contributed by atoms with van der Waals surface area (Å²) in [5.41, 5.74) is -0.273. The van der Waals surface area contributed by atoms with Crippen LogP contribution in [0.25, 0.3) is 0 Å². The van der Waals surface area contributed by atoms with Gasteiger partial charge in [0.25, 0.3) is 0 Å². The number of halogens is 1. The average molecular weight is 293 g/mol. The number of nitrogens with zero attached hydrogens (tertiary/aromatic N) is 1. The maximum absolute atomic E-state index is 13.2. The van der Waals surface area contributed by atoms with E-state index in [2.05, 4.69) is 0 Å². The van der Waals surface area contributed by atoms with Crippen molar-refractivity contribution in [2.75, 3.05) is 19.6 Å². The Bertz CT molecular complexity index is 593. The highest BCUT2D eigenvalue weighted by Crippen LogP contribution is 2.39. The number of hydrogen-bond donors (Lipinski definition) is 1. The minimum absolute atomic E-state index is 0.00578. The summed E-state index contributed by atoms with van der Waals surface area (Å²) in [5, 5.41) is 8.80. The first-order chi connectivity index (χ1) is 9.97. The van der Waals surface area contributed by atoms with E-state index in [1.165, 1.54) is 18.2 Å². The molecule has 5 nitrogen and oxygen atoms in total. The van der Waals surface area contributed by atoms with Crippen LogP contribution in [0.5, 0.6) is 5.75 Å². The van der Waals surface area contributed by atoms with Gasteiger partial charge in [0.2, 0.25) is 0 Å². The summed E-state index contributed by atoms with van der Waals surface area (Å²) in [5.74, 6) is -0.980. The standard InChI is InChI=1S/C15H16FNO4/c16-10-1-2-13-11(7-10)12(18)8-15(21-13)3-5-17(6-4-15)9-14(19)20/h1-2,7H,3-6,8-9H2,(H,19,20). The van der Waals surface area contributed by atoms with Gasteiger partial charge >= 0.3 is 5.97 Å². The van der Waals surface area contributed by atoms with Crippen molar-refractivity contribution in [3.05, 3.63) is 29.6 Å². The first-order valence-electron chi connectivity index (χ1n) is 6.93. The molecule has 112 valence electrons. The van der Waals surface area contributed by atoms with E-state index in [4.69, 9.17) is 9.84 Å². The van der Waals surface area contributed by atoms with Crippen LogP contribution >= 0.6 is 0 Å². The number of carbonyl (C=O) groups is 2. The summed E-state index contributed by atoms with van der Waals surface area (Å²) < 4.78 is 19.2. The topological polar surface area (TPSA) is 66.8 Å². The zero-order valence-corrected chi connectivity index (χ0v) is 11.5. The molecule has 2 heterocycles. The van der Waals surface area contributed by atoms with E-state index in [-0.39, 0.29) is 18.7 Å². The third kappa shape index (κ3) is 2.76. The van der Waals surface area contributed by atoms with Crippen LogP contribution in [0.2, 0.25) is 0 Å². The van der Waals surface area contributed by atoms with Gasteiger partial charge < -0.3 is 9.84 Å². The molecule has 0 saturated carbocycles. The van der Waals surface area contributed by atoms with Crippen LogP contribution < -0.4 is 4.74 Å². The Morgan fingerprint density at radius 1 is 1.38 bits per heavy atom. The third-order valence-electron chi connectivity index (χ3n) is 4.18. The van der Waals surface area contributed by atoms with Crippen LogP contribution in [-0.4, -0.2) is 47.0 Å². The number of aliphatic carboxylic acids is 1. The monoisotopic (exact) mass is 293 g/mol. The number of carbonyl (C=O) groups excluding carboxylic acids is 1. The highest BCUT2D eigenvalue weighted by molar-refractivity contribution is 6.00. The van der Waals surface area contributed by atoms with Gasteiger partial charge in [-0.15, -0.1) is 0 Å². The summed E-state index contributed by atoms with van der Waals surface area (Å²) in [4.78, 5) is 24.8. The largest absolute Gasteiger partial charge is 0.486 e.